The minimum Gasteiger partial charge on any atom is -0.679 e. The zero-order valence-corrected chi connectivity index (χ0v) is 7.56. The van der Waals surface area contributed by atoms with Crippen molar-refractivity contribution < 1.29 is 0 Å². The van der Waals surface area contributed by atoms with E-state index in [0.717, 1.165) is 0 Å². The van der Waals surface area contributed by atoms with Gasteiger partial charge in [-0.05, 0) is 0 Å². The van der Waals surface area contributed by atoms with E-state index in [4.69, 9.17) is 11.5 Å². The van der Waals surface area contributed by atoms with E-state index in [1.807, 2.05) is 0 Å². The van der Waals surface area contributed by atoms with Gasteiger partial charge >= 0.3 is 48.9 Å². The fourth-order valence-electron chi connectivity index (χ4n) is 0. The second-order valence-corrected chi connectivity index (χ2v) is 0.500. The van der Waals surface area contributed by atoms with Crippen LogP contribution in [0.25, 0.3) is 11.5 Å². The van der Waals surface area contributed by atoms with Crippen LogP contribution in [0.3, 0.4) is 0 Å². The van der Waals surface area contributed by atoms with E-state index in [9.17, 15) is 0 Å². The summed E-state index contributed by atoms with van der Waals surface area (Å²) >= 11 is 0. The van der Waals surface area contributed by atoms with Gasteiger partial charge in [0.15, 0.2) is 0 Å². The van der Waals surface area contributed by atoms with Crippen LogP contribution in [0.5, 0.6) is 0 Å². The molecule has 0 saturated heterocycles. The van der Waals surface area contributed by atoms with Gasteiger partial charge in [-0.2, -0.15) is 13.1 Å². The molecule has 0 fully saturated rings. The summed E-state index contributed by atoms with van der Waals surface area (Å²) in [6.45, 7) is 0.472. The normalized spacial score (nSPS) is 6.00. The Morgan fingerprint density at radius 3 is 1.20 bits per heavy atom. The largest absolute Gasteiger partial charge is 2.00 e. The molecule has 2 nitrogen and oxygen atoms in total. The molecule has 0 aliphatic carbocycles. The van der Waals surface area contributed by atoms with Crippen molar-refractivity contribution in [1.29, 1.82) is 0 Å². The summed E-state index contributed by atoms with van der Waals surface area (Å²) in [6.07, 6.45) is 0. The Kier molecular flexibility index (Phi) is 17.6. The van der Waals surface area contributed by atoms with E-state index in [2.05, 4.69) is 0 Å². The van der Waals surface area contributed by atoms with E-state index in [0.29, 0.717) is 0 Å². The van der Waals surface area contributed by atoms with Crippen molar-refractivity contribution in [3.05, 3.63) is 11.5 Å². The molecule has 5 heavy (non-hydrogen) atoms. The minimum absolute atomic E-state index is 0. The third kappa shape index (κ3) is 10.8. The first kappa shape index (κ1) is 9.70. The Morgan fingerprint density at radius 2 is 1.20 bits per heavy atom. The molecular weight excluding hydrogens is 189 g/mol. The monoisotopic (exact) mass is 196 g/mol. The Bertz CT molecular complexity index is 9.61. The first-order valence-corrected chi connectivity index (χ1v) is 1.21. The third-order valence-electron chi connectivity index (χ3n) is 0.125. The molecular formula is C2H6BaN2. The van der Waals surface area contributed by atoms with Crippen LogP contribution >= 0.6 is 0 Å². The zero-order chi connectivity index (χ0) is 3.41. The molecule has 2 N–H and O–H groups in total. The maximum absolute atomic E-state index is 6.26. The van der Waals surface area contributed by atoms with Gasteiger partial charge in [-0.15, -0.1) is 0 Å². The fourth-order valence-corrected chi connectivity index (χ4v) is 0. The van der Waals surface area contributed by atoms with Crippen molar-refractivity contribution in [2.45, 2.75) is 0 Å². The molecule has 0 radical (unpaired) electrons. The number of hydrogen-bond donors (Lipinski definition) is 0. The molecule has 26 valence electrons. The molecule has 0 aliphatic heterocycles. The van der Waals surface area contributed by atoms with Gasteiger partial charge in [-0.3, -0.25) is 0 Å². The molecule has 0 aromatic heterocycles. The van der Waals surface area contributed by atoms with Crippen molar-refractivity contribution in [2.75, 3.05) is 13.1 Å². The molecule has 0 amide bonds. The zero-order valence-electron chi connectivity index (χ0n) is 3.12. The predicted molar refractivity (Wildman–Crippen MR) is 24.1 cm³/mol. The van der Waals surface area contributed by atoms with Crippen LogP contribution < -0.4 is 0 Å². The van der Waals surface area contributed by atoms with Gasteiger partial charge < -0.3 is 11.5 Å². The summed E-state index contributed by atoms with van der Waals surface area (Å²) in [4.78, 5) is 0. The topological polar surface area (TPSA) is 47.6 Å². The summed E-state index contributed by atoms with van der Waals surface area (Å²) in [5.74, 6) is 0. The Labute approximate surface area is 72.4 Å². The van der Waals surface area contributed by atoms with E-state index >= 15 is 0 Å². The first-order valence-electron chi connectivity index (χ1n) is 1.21. The molecule has 0 atom stereocenters. The van der Waals surface area contributed by atoms with Gasteiger partial charge in [0, 0.05) is 0 Å². The smallest absolute Gasteiger partial charge is 0.679 e. The van der Waals surface area contributed by atoms with Gasteiger partial charge in [0.2, 0.25) is 0 Å². The van der Waals surface area contributed by atoms with Crippen LogP contribution in [0.1, 0.15) is 0 Å². The maximum atomic E-state index is 6.26. The van der Waals surface area contributed by atoms with Crippen LogP contribution in [0.2, 0.25) is 0 Å². The molecule has 0 unspecified atom stereocenters. The number of nitrogens with one attached hydrogen (secondary N) is 2. The number of hydrogen-bond acceptors (Lipinski definition) is 0. The minimum atomic E-state index is 0. The molecule has 0 aromatic carbocycles. The number of rotatable bonds is 1. The van der Waals surface area contributed by atoms with E-state index in [-0.39, 0.29) is 62.0 Å². The summed E-state index contributed by atoms with van der Waals surface area (Å²) in [5.41, 5.74) is 12.5. The summed E-state index contributed by atoms with van der Waals surface area (Å²) in [5, 5.41) is 0. The molecule has 0 aliphatic rings. The van der Waals surface area contributed by atoms with Crippen LogP contribution in [-0.2, 0) is 0 Å². The SMILES string of the molecule is [Ba+2].[NH-]CC[NH-]. The first-order chi connectivity index (χ1) is 1.91. The molecule has 3 heteroatoms. The van der Waals surface area contributed by atoms with Gasteiger partial charge in [-0.1, -0.05) is 0 Å². The Hall–Kier alpha value is 1.49. The average molecular weight is 195 g/mol. The van der Waals surface area contributed by atoms with Gasteiger partial charge in [0.1, 0.15) is 0 Å². The van der Waals surface area contributed by atoms with Crippen LogP contribution in [-0.4, -0.2) is 62.0 Å². The van der Waals surface area contributed by atoms with Gasteiger partial charge in [0.05, 0.1) is 0 Å². The van der Waals surface area contributed by atoms with Crippen molar-refractivity contribution in [1.82, 2.24) is 0 Å². The van der Waals surface area contributed by atoms with Gasteiger partial charge in [0.25, 0.3) is 0 Å². The molecule has 0 bridgehead atoms. The summed E-state index contributed by atoms with van der Waals surface area (Å²) < 4.78 is 0. The van der Waals surface area contributed by atoms with Crippen LogP contribution in [0, 0.1) is 0 Å². The van der Waals surface area contributed by atoms with Crippen molar-refractivity contribution >= 4 is 48.9 Å². The van der Waals surface area contributed by atoms with Crippen LogP contribution in [0.4, 0.5) is 0 Å². The molecule has 0 spiro atoms. The average Bonchev–Trinajstić information content (AvgIpc) is 1.37. The van der Waals surface area contributed by atoms with Gasteiger partial charge in [-0.25, -0.2) is 0 Å². The summed E-state index contributed by atoms with van der Waals surface area (Å²) in [7, 11) is 0. The predicted octanol–water partition coefficient (Wildman–Crippen LogP) is 0.710. The molecule has 0 heterocycles. The second-order valence-electron chi connectivity index (χ2n) is 0.500. The third-order valence-corrected chi connectivity index (χ3v) is 0.125. The van der Waals surface area contributed by atoms with E-state index in [1.165, 1.54) is 0 Å². The van der Waals surface area contributed by atoms with Crippen molar-refractivity contribution in [2.24, 2.45) is 0 Å². The van der Waals surface area contributed by atoms with E-state index < -0.39 is 0 Å². The van der Waals surface area contributed by atoms with E-state index in [1.54, 1.807) is 0 Å². The fraction of sp³-hybridized carbons (Fsp3) is 1.00. The van der Waals surface area contributed by atoms with Crippen molar-refractivity contribution in [3.63, 3.8) is 0 Å². The quantitative estimate of drug-likeness (QED) is 0.553. The Balaban J connectivity index is 0. The molecule has 0 saturated carbocycles. The van der Waals surface area contributed by atoms with Crippen LogP contribution in [0.15, 0.2) is 0 Å². The van der Waals surface area contributed by atoms with Crippen molar-refractivity contribution in [3.8, 4) is 0 Å². The summed E-state index contributed by atoms with van der Waals surface area (Å²) in [6, 6.07) is 0. The maximum Gasteiger partial charge on any atom is 2.00 e. The Morgan fingerprint density at radius 1 is 1.00 bits per heavy atom. The molecule has 0 aromatic rings. The second kappa shape index (κ2) is 9.09. The standard InChI is InChI=1S/C2H6N2.Ba/c3-1-2-4;/h3-4H,1-2H2;/q-2;+2. The molecule has 0 rings (SSSR count).